The summed E-state index contributed by atoms with van der Waals surface area (Å²) in [6, 6.07) is 41.2. The summed E-state index contributed by atoms with van der Waals surface area (Å²) in [5.41, 5.74) is 3.11. The van der Waals surface area contributed by atoms with Crippen molar-refractivity contribution < 1.29 is 19.1 Å². The molecule has 2 unspecified atom stereocenters. The summed E-state index contributed by atoms with van der Waals surface area (Å²) in [5, 5.41) is 0. The minimum absolute atomic E-state index is 0.0862. The molecule has 218 valence electrons. The number of ketones is 2. The van der Waals surface area contributed by atoms with Crippen molar-refractivity contribution in [1.82, 2.24) is 0 Å². The van der Waals surface area contributed by atoms with Gasteiger partial charge < -0.3 is 9.47 Å². The number of ether oxygens (including phenoxy) is 2. The number of hydrogen-bond acceptors (Lipinski definition) is 4. The van der Waals surface area contributed by atoms with Crippen LogP contribution in [-0.4, -0.2) is 11.6 Å². The molecule has 0 spiro atoms. The maximum atomic E-state index is 14.3. The van der Waals surface area contributed by atoms with Gasteiger partial charge in [0.25, 0.3) is 0 Å². The highest BCUT2D eigenvalue weighted by Gasteiger charge is 2.67. The lowest BCUT2D eigenvalue weighted by molar-refractivity contribution is -0.148. The zero-order chi connectivity index (χ0) is 29.7. The zero-order valence-corrected chi connectivity index (χ0v) is 24.6. The predicted octanol–water partition coefficient (Wildman–Crippen LogP) is 8.18. The summed E-state index contributed by atoms with van der Waals surface area (Å²) in [4.78, 5) is 28.5. The molecule has 4 aromatic carbocycles. The average Bonchev–Trinajstić information content (AvgIpc) is 3.09. The van der Waals surface area contributed by atoms with Crippen LogP contribution in [0.3, 0.4) is 0 Å². The van der Waals surface area contributed by atoms with Crippen molar-refractivity contribution in [3.8, 4) is 0 Å². The Morgan fingerprint density at radius 3 is 1.02 bits per heavy atom. The van der Waals surface area contributed by atoms with Gasteiger partial charge >= 0.3 is 0 Å². The minimum atomic E-state index is -1.06. The number of allylic oxidation sites excluding steroid dienone is 2. The molecule has 0 fully saturated rings. The molecule has 2 aliphatic heterocycles. The molecule has 4 aliphatic rings. The maximum absolute atomic E-state index is 14.3. The van der Waals surface area contributed by atoms with E-state index in [1.807, 2.05) is 72.8 Å². The molecule has 2 aliphatic carbocycles. The molecule has 0 N–H and O–H groups in total. The Balaban J connectivity index is 1.57. The molecule has 4 aromatic rings. The van der Waals surface area contributed by atoms with Gasteiger partial charge in [0, 0.05) is 59.1 Å². The fourth-order valence-corrected chi connectivity index (χ4v) is 8.33. The summed E-state index contributed by atoms with van der Waals surface area (Å²) in [6.07, 6.45) is 3.68. The van der Waals surface area contributed by atoms with E-state index in [0.29, 0.717) is 36.8 Å². The largest absolute Gasteiger partial charge is 0.481 e. The van der Waals surface area contributed by atoms with Crippen LogP contribution in [0.1, 0.15) is 60.8 Å². The van der Waals surface area contributed by atoms with Gasteiger partial charge in [-0.2, -0.15) is 0 Å². The lowest BCUT2D eigenvalue weighted by Crippen LogP contribution is -2.60. The Morgan fingerprint density at radius 1 is 0.432 bits per heavy atom. The number of fused-ring (bicyclic) bond motifs is 3. The van der Waals surface area contributed by atoms with Crippen LogP contribution in [0.25, 0.3) is 0 Å². The average molecular weight is 579 g/mol. The van der Waals surface area contributed by atoms with E-state index >= 15 is 0 Å². The normalized spacial score (nSPS) is 23.5. The number of carbonyl (C=O) groups is 2. The molecular weight excluding hydrogens is 544 g/mol. The number of hydrogen-bond donors (Lipinski definition) is 0. The third kappa shape index (κ3) is 3.83. The number of carbonyl (C=O) groups excluding carboxylic acids is 2. The lowest BCUT2D eigenvalue weighted by Gasteiger charge is -2.59. The Bertz CT molecular complexity index is 1570. The van der Waals surface area contributed by atoms with Crippen molar-refractivity contribution in [2.45, 2.75) is 49.7 Å². The highest BCUT2D eigenvalue weighted by molar-refractivity contribution is 6.01. The summed E-state index contributed by atoms with van der Waals surface area (Å²) in [5.74, 6) is 0.603. The van der Waals surface area contributed by atoms with E-state index in [4.69, 9.17) is 9.47 Å². The molecule has 44 heavy (non-hydrogen) atoms. The number of benzene rings is 4. The van der Waals surface area contributed by atoms with Gasteiger partial charge in [-0.15, -0.1) is 0 Å². The second-order valence-corrected chi connectivity index (χ2v) is 12.3. The third-order valence-electron chi connectivity index (χ3n) is 10.0. The summed E-state index contributed by atoms with van der Waals surface area (Å²) in [6.45, 7) is 0. The van der Waals surface area contributed by atoms with Crippen molar-refractivity contribution in [2.75, 3.05) is 0 Å². The van der Waals surface area contributed by atoms with E-state index in [1.54, 1.807) is 0 Å². The fourth-order valence-electron chi connectivity index (χ4n) is 8.33. The number of Topliss-reactive ketones (excluding diaryl/α,β-unsaturated/α-hetero) is 2. The molecule has 4 heteroatoms. The van der Waals surface area contributed by atoms with Crippen LogP contribution in [-0.2, 0) is 30.3 Å². The predicted molar refractivity (Wildman–Crippen MR) is 168 cm³/mol. The molecule has 0 aromatic heterocycles. The maximum Gasteiger partial charge on any atom is 0.166 e. The molecule has 2 atom stereocenters. The monoisotopic (exact) mass is 578 g/mol. The van der Waals surface area contributed by atoms with Crippen LogP contribution >= 0.6 is 0 Å². The van der Waals surface area contributed by atoms with E-state index in [-0.39, 0.29) is 11.6 Å². The Hall–Kier alpha value is -4.70. The summed E-state index contributed by atoms with van der Waals surface area (Å²) in [7, 11) is 0. The summed E-state index contributed by atoms with van der Waals surface area (Å²) >= 11 is 0. The van der Waals surface area contributed by atoms with Gasteiger partial charge in [-0.25, -0.2) is 0 Å². The molecule has 0 bridgehead atoms. The third-order valence-corrected chi connectivity index (χ3v) is 10.0. The van der Waals surface area contributed by atoms with E-state index < -0.39 is 23.0 Å². The topological polar surface area (TPSA) is 52.6 Å². The van der Waals surface area contributed by atoms with Gasteiger partial charge in [0.1, 0.15) is 11.5 Å². The molecule has 0 saturated heterocycles. The standard InChI is InChI=1S/C40H34O4/c41-31-23-14-26-34-35(31)37-38(40(44-34,29-19-9-3-10-20-29)30-21-11-4-12-22-30)36-32(42)24-13-25-33(36)43-39(37,27-15-5-1-6-16-27)28-17-7-2-8-18-28/h1-12,15-22,37-38H,13-14,23-26H2. The van der Waals surface area contributed by atoms with Crippen molar-refractivity contribution in [1.29, 1.82) is 0 Å². The molecule has 4 nitrogen and oxygen atoms in total. The summed E-state index contributed by atoms with van der Waals surface area (Å²) < 4.78 is 14.7. The van der Waals surface area contributed by atoms with Gasteiger partial charge in [-0.3, -0.25) is 9.59 Å². The first kappa shape index (κ1) is 26.9. The van der Waals surface area contributed by atoms with Crippen molar-refractivity contribution in [3.63, 3.8) is 0 Å². The minimum Gasteiger partial charge on any atom is -0.481 e. The first-order valence-electron chi connectivity index (χ1n) is 15.8. The van der Waals surface area contributed by atoms with E-state index in [1.165, 1.54) is 0 Å². The van der Waals surface area contributed by atoms with E-state index in [2.05, 4.69) is 48.5 Å². The van der Waals surface area contributed by atoms with Crippen molar-refractivity contribution >= 4 is 11.6 Å². The molecular formula is C40H34O4. The molecule has 8 rings (SSSR count). The smallest absolute Gasteiger partial charge is 0.166 e. The highest BCUT2D eigenvalue weighted by atomic mass is 16.5. The van der Waals surface area contributed by atoms with E-state index in [0.717, 1.165) is 46.6 Å². The first-order chi connectivity index (χ1) is 21.6. The molecule has 0 saturated carbocycles. The van der Waals surface area contributed by atoms with Gasteiger partial charge in [0.15, 0.2) is 22.8 Å². The number of rotatable bonds is 4. The Labute approximate surface area is 258 Å². The highest BCUT2D eigenvalue weighted by Crippen LogP contribution is 2.65. The Morgan fingerprint density at radius 2 is 0.727 bits per heavy atom. The van der Waals surface area contributed by atoms with Crippen molar-refractivity contribution in [2.24, 2.45) is 11.8 Å². The fraction of sp³-hybridized carbons (Fsp3) is 0.250. The molecule has 0 radical (unpaired) electrons. The van der Waals surface area contributed by atoms with Crippen LogP contribution in [0, 0.1) is 11.8 Å². The SMILES string of the molecule is O=C1CCCC2=C1C1C(C3=C(CCCC3=O)OC1(c1ccccc1)c1ccccc1)C(c1ccccc1)(c1ccccc1)O2. The van der Waals surface area contributed by atoms with Crippen molar-refractivity contribution in [3.05, 3.63) is 166 Å². The zero-order valence-electron chi connectivity index (χ0n) is 24.6. The van der Waals surface area contributed by atoms with Crippen LogP contribution in [0.15, 0.2) is 144 Å². The first-order valence-corrected chi connectivity index (χ1v) is 15.8. The molecule has 2 heterocycles. The Kier molecular flexibility index (Phi) is 6.41. The lowest BCUT2D eigenvalue weighted by atomic mass is 9.53. The van der Waals surface area contributed by atoms with Crippen LogP contribution in [0.5, 0.6) is 0 Å². The quantitative estimate of drug-likeness (QED) is 0.245. The second kappa shape index (κ2) is 10.5. The second-order valence-electron chi connectivity index (χ2n) is 12.3. The molecule has 0 amide bonds. The van der Waals surface area contributed by atoms with E-state index in [9.17, 15) is 9.59 Å². The van der Waals surface area contributed by atoms with Gasteiger partial charge in [-0.05, 0) is 12.8 Å². The van der Waals surface area contributed by atoms with Crippen LogP contribution in [0.2, 0.25) is 0 Å². The van der Waals surface area contributed by atoms with Crippen LogP contribution < -0.4 is 0 Å². The van der Waals surface area contributed by atoms with Gasteiger partial charge in [0.05, 0.1) is 11.8 Å². The van der Waals surface area contributed by atoms with Gasteiger partial charge in [-0.1, -0.05) is 121 Å². The van der Waals surface area contributed by atoms with Crippen LogP contribution in [0.4, 0.5) is 0 Å². The van der Waals surface area contributed by atoms with Gasteiger partial charge in [0.2, 0.25) is 0 Å².